The molecule has 0 fully saturated rings. The summed E-state index contributed by atoms with van der Waals surface area (Å²) in [5.41, 5.74) is -0.118. The van der Waals surface area contributed by atoms with Crippen molar-refractivity contribution in [2.24, 2.45) is 0 Å². The first-order valence-electron chi connectivity index (χ1n) is 6.30. The molecule has 1 N–H and O–H groups in total. The zero-order valence-corrected chi connectivity index (χ0v) is 12.0. The van der Waals surface area contributed by atoms with Gasteiger partial charge >= 0.3 is 0 Å². The van der Waals surface area contributed by atoms with E-state index in [0.29, 0.717) is 5.82 Å². The van der Waals surface area contributed by atoms with Crippen LogP contribution in [0.5, 0.6) is 0 Å². The minimum Gasteiger partial charge on any atom is -0.277 e. The fraction of sp³-hybridized carbons (Fsp3) is 0. The first kappa shape index (κ1) is 14.2. The van der Waals surface area contributed by atoms with Gasteiger partial charge in [0.15, 0.2) is 5.82 Å². The van der Waals surface area contributed by atoms with Crippen LogP contribution in [-0.2, 0) is 10.0 Å². The number of benzene rings is 1. The highest BCUT2D eigenvalue weighted by atomic mass is 32.2. The normalized spacial score (nSPS) is 11.3. The molecule has 1 aromatic carbocycles. The van der Waals surface area contributed by atoms with Gasteiger partial charge in [-0.2, -0.15) is 5.10 Å². The number of hydrogen-bond acceptors (Lipinski definition) is 4. The van der Waals surface area contributed by atoms with Crippen LogP contribution in [0.25, 0.3) is 5.82 Å². The molecule has 0 aliphatic rings. The second-order valence-electron chi connectivity index (χ2n) is 4.39. The molecule has 0 saturated carbocycles. The average Bonchev–Trinajstić information content (AvgIpc) is 3.01. The van der Waals surface area contributed by atoms with E-state index >= 15 is 0 Å². The van der Waals surface area contributed by atoms with Crippen molar-refractivity contribution in [1.29, 1.82) is 0 Å². The molecule has 2 aromatic heterocycles. The molecule has 6 nitrogen and oxygen atoms in total. The maximum atomic E-state index is 13.5. The lowest BCUT2D eigenvalue weighted by Crippen LogP contribution is -2.13. The zero-order chi connectivity index (χ0) is 15.6. The number of pyridine rings is 1. The summed E-state index contributed by atoms with van der Waals surface area (Å²) in [6.45, 7) is 0. The summed E-state index contributed by atoms with van der Waals surface area (Å²) in [5.74, 6) is -0.168. The van der Waals surface area contributed by atoms with Gasteiger partial charge in [0.05, 0.1) is 18.1 Å². The predicted octanol–water partition coefficient (Wildman–Crippen LogP) is 2.21. The number of nitrogens with zero attached hydrogens (tertiary/aromatic N) is 3. The van der Waals surface area contributed by atoms with Crippen molar-refractivity contribution >= 4 is 15.7 Å². The van der Waals surface area contributed by atoms with Crippen LogP contribution in [0.3, 0.4) is 0 Å². The Morgan fingerprint density at radius 2 is 1.86 bits per heavy atom. The highest BCUT2D eigenvalue weighted by Crippen LogP contribution is 2.18. The van der Waals surface area contributed by atoms with Gasteiger partial charge in [0, 0.05) is 6.20 Å². The van der Waals surface area contributed by atoms with Gasteiger partial charge in [0.25, 0.3) is 10.0 Å². The lowest BCUT2D eigenvalue weighted by Gasteiger charge is -2.06. The number of hydrogen-bond donors (Lipinski definition) is 1. The Bertz CT molecular complexity index is 894. The molecule has 0 unspecified atom stereocenters. The molecule has 0 saturated heterocycles. The highest BCUT2D eigenvalue weighted by molar-refractivity contribution is 7.92. The van der Waals surface area contributed by atoms with Crippen LogP contribution in [-0.4, -0.2) is 23.2 Å². The van der Waals surface area contributed by atoms with E-state index in [4.69, 9.17) is 0 Å². The Balaban J connectivity index is 1.91. The summed E-state index contributed by atoms with van der Waals surface area (Å²) in [7, 11) is -3.92. The summed E-state index contributed by atoms with van der Waals surface area (Å²) in [4.78, 5) is 3.99. The number of aromatic nitrogens is 3. The lowest BCUT2D eigenvalue weighted by molar-refractivity contribution is 0.598. The smallest absolute Gasteiger partial charge is 0.265 e. The number of para-hydroxylation sites is 1. The predicted molar refractivity (Wildman–Crippen MR) is 78.6 cm³/mol. The van der Waals surface area contributed by atoms with Gasteiger partial charge in [-0.15, -0.1) is 0 Å². The van der Waals surface area contributed by atoms with Gasteiger partial charge in [-0.3, -0.25) is 4.72 Å². The van der Waals surface area contributed by atoms with E-state index in [9.17, 15) is 12.8 Å². The summed E-state index contributed by atoms with van der Waals surface area (Å²) in [6.07, 6.45) is 4.06. The number of sulfonamides is 1. The van der Waals surface area contributed by atoms with Crippen LogP contribution >= 0.6 is 0 Å². The SMILES string of the molecule is O=S(=O)(Nc1ccccc1F)c1cnn(-c2ccccn2)c1. The van der Waals surface area contributed by atoms with Gasteiger partial charge in [-0.1, -0.05) is 18.2 Å². The van der Waals surface area contributed by atoms with Gasteiger partial charge in [-0.05, 0) is 24.3 Å². The standard InChI is InChI=1S/C14H11FN4O2S/c15-12-5-1-2-6-13(12)18-22(20,21)11-9-17-19(10-11)14-7-3-4-8-16-14/h1-10,18H. The molecule has 0 radical (unpaired) electrons. The molecular weight excluding hydrogens is 307 g/mol. The molecule has 112 valence electrons. The topological polar surface area (TPSA) is 76.9 Å². The first-order valence-corrected chi connectivity index (χ1v) is 7.78. The van der Waals surface area contributed by atoms with E-state index in [1.165, 1.54) is 41.3 Å². The van der Waals surface area contributed by atoms with E-state index in [-0.39, 0.29) is 10.6 Å². The lowest BCUT2D eigenvalue weighted by atomic mass is 10.3. The average molecular weight is 318 g/mol. The molecule has 0 spiro atoms. The Labute approximate surface area is 126 Å². The van der Waals surface area contributed by atoms with Crippen LogP contribution in [0.4, 0.5) is 10.1 Å². The van der Waals surface area contributed by atoms with Crippen molar-refractivity contribution in [2.75, 3.05) is 4.72 Å². The second kappa shape index (κ2) is 5.57. The summed E-state index contributed by atoms with van der Waals surface area (Å²) in [5, 5.41) is 3.96. The van der Waals surface area contributed by atoms with Gasteiger partial charge in [-0.25, -0.2) is 22.5 Å². The Morgan fingerprint density at radius 3 is 2.59 bits per heavy atom. The minimum absolute atomic E-state index is 0.0820. The minimum atomic E-state index is -3.92. The molecule has 0 atom stereocenters. The van der Waals surface area contributed by atoms with Crippen molar-refractivity contribution in [3.05, 3.63) is 66.9 Å². The van der Waals surface area contributed by atoms with E-state index < -0.39 is 15.8 Å². The maximum absolute atomic E-state index is 13.5. The van der Waals surface area contributed by atoms with E-state index in [1.54, 1.807) is 24.4 Å². The van der Waals surface area contributed by atoms with E-state index in [1.807, 2.05) is 0 Å². The summed E-state index contributed by atoms with van der Waals surface area (Å²) < 4.78 is 41.6. The molecule has 0 bridgehead atoms. The molecule has 0 amide bonds. The highest BCUT2D eigenvalue weighted by Gasteiger charge is 2.18. The largest absolute Gasteiger partial charge is 0.277 e. The third kappa shape index (κ3) is 2.82. The van der Waals surface area contributed by atoms with Crippen LogP contribution in [0.2, 0.25) is 0 Å². The quantitative estimate of drug-likeness (QED) is 0.800. The van der Waals surface area contributed by atoms with Gasteiger partial charge in [0.1, 0.15) is 10.7 Å². The fourth-order valence-corrected chi connectivity index (χ4v) is 2.80. The Hall–Kier alpha value is -2.74. The number of anilines is 1. The number of rotatable bonds is 4. The molecule has 8 heteroatoms. The van der Waals surface area contributed by atoms with Crippen molar-refractivity contribution in [3.63, 3.8) is 0 Å². The first-order chi connectivity index (χ1) is 10.6. The van der Waals surface area contributed by atoms with Crippen LogP contribution in [0.1, 0.15) is 0 Å². The summed E-state index contributed by atoms with van der Waals surface area (Å²) >= 11 is 0. The summed E-state index contributed by atoms with van der Waals surface area (Å²) in [6, 6.07) is 10.7. The second-order valence-corrected chi connectivity index (χ2v) is 6.08. The zero-order valence-electron chi connectivity index (χ0n) is 11.2. The van der Waals surface area contributed by atoms with Crippen molar-refractivity contribution in [3.8, 4) is 5.82 Å². The van der Waals surface area contributed by atoms with Crippen LogP contribution in [0, 0.1) is 5.82 Å². The molecule has 2 heterocycles. The Kier molecular flexibility index (Phi) is 3.60. The molecule has 3 rings (SSSR count). The number of nitrogens with one attached hydrogen (secondary N) is 1. The van der Waals surface area contributed by atoms with E-state index in [0.717, 1.165) is 0 Å². The van der Waals surface area contributed by atoms with E-state index in [2.05, 4.69) is 14.8 Å². The van der Waals surface area contributed by atoms with Crippen LogP contribution < -0.4 is 4.72 Å². The van der Waals surface area contributed by atoms with Crippen molar-refractivity contribution < 1.29 is 12.8 Å². The van der Waals surface area contributed by atoms with Crippen molar-refractivity contribution in [2.45, 2.75) is 4.90 Å². The molecular formula is C14H11FN4O2S. The molecule has 0 aliphatic carbocycles. The monoisotopic (exact) mass is 318 g/mol. The third-order valence-electron chi connectivity index (χ3n) is 2.87. The number of halogens is 1. The Morgan fingerprint density at radius 1 is 1.09 bits per heavy atom. The molecule has 0 aliphatic heterocycles. The maximum Gasteiger partial charge on any atom is 0.265 e. The van der Waals surface area contributed by atoms with Crippen LogP contribution in [0.15, 0.2) is 66.0 Å². The third-order valence-corrected chi connectivity index (χ3v) is 4.19. The van der Waals surface area contributed by atoms with Gasteiger partial charge in [0.2, 0.25) is 0 Å². The molecule has 22 heavy (non-hydrogen) atoms. The van der Waals surface area contributed by atoms with Crippen molar-refractivity contribution in [1.82, 2.24) is 14.8 Å². The molecule has 3 aromatic rings. The van der Waals surface area contributed by atoms with Gasteiger partial charge < -0.3 is 0 Å². The fourth-order valence-electron chi connectivity index (χ4n) is 1.81.